The molecule has 0 bridgehead atoms. The van der Waals surface area contributed by atoms with Crippen LogP contribution in [-0.2, 0) is 0 Å². The highest BCUT2D eigenvalue weighted by Crippen LogP contribution is 2.28. The lowest BCUT2D eigenvalue weighted by Crippen LogP contribution is -2.25. The average Bonchev–Trinajstić information content (AvgIpc) is 2.15. The summed E-state index contributed by atoms with van der Waals surface area (Å²) in [6.45, 7) is 0. The minimum absolute atomic E-state index is 0.00116. The number of hydrogen-bond acceptors (Lipinski definition) is 1. The van der Waals surface area contributed by atoms with Gasteiger partial charge >= 0.3 is 0 Å². The zero-order chi connectivity index (χ0) is 7.56. The van der Waals surface area contributed by atoms with E-state index in [-0.39, 0.29) is 18.4 Å². The van der Waals surface area contributed by atoms with Gasteiger partial charge in [0.1, 0.15) is 0 Å². The average molecular weight is 149 g/mol. The van der Waals surface area contributed by atoms with Gasteiger partial charge in [-0.1, -0.05) is 6.42 Å². The molecule has 0 radical (unpaired) electrons. The zero-order valence-electron chi connectivity index (χ0n) is 5.89. The van der Waals surface area contributed by atoms with E-state index in [1.165, 1.54) is 0 Å². The van der Waals surface area contributed by atoms with Crippen molar-refractivity contribution in [3.05, 3.63) is 0 Å². The fourth-order valence-corrected chi connectivity index (χ4v) is 1.59. The van der Waals surface area contributed by atoms with Gasteiger partial charge in [0.25, 0.3) is 0 Å². The molecule has 0 amide bonds. The first-order valence-corrected chi connectivity index (χ1v) is 3.74. The second-order valence-corrected chi connectivity index (χ2v) is 2.98. The molecule has 0 heterocycles. The van der Waals surface area contributed by atoms with Gasteiger partial charge in [0.2, 0.25) is 6.43 Å². The van der Waals surface area contributed by atoms with E-state index < -0.39 is 6.43 Å². The van der Waals surface area contributed by atoms with Crippen LogP contribution in [0.3, 0.4) is 0 Å². The minimum Gasteiger partial charge on any atom is -0.327 e. The Kier molecular flexibility index (Phi) is 2.60. The third kappa shape index (κ3) is 1.90. The normalized spacial score (nSPS) is 33.6. The maximum Gasteiger partial charge on any atom is 0.239 e. The fraction of sp³-hybridized carbons (Fsp3) is 1.00. The van der Waals surface area contributed by atoms with Crippen molar-refractivity contribution >= 4 is 0 Å². The van der Waals surface area contributed by atoms with Crippen LogP contribution in [0.15, 0.2) is 0 Å². The second-order valence-electron chi connectivity index (χ2n) is 2.98. The van der Waals surface area contributed by atoms with Crippen molar-refractivity contribution in [1.82, 2.24) is 0 Å². The second kappa shape index (κ2) is 3.28. The summed E-state index contributed by atoms with van der Waals surface area (Å²) in [7, 11) is 0. The van der Waals surface area contributed by atoms with Crippen molar-refractivity contribution in [3.8, 4) is 0 Å². The van der Waals surface area contributed by atoms with Crippen molar-refractivity contribution < 1.29 is 8.78 Å². The van der Waals surface area contributed by atoms with Crippen LogP contribution in [-0.4, -0.2) is 12.5 Å². The Balaban J connectivity index is 2.26. The molecule has 0 aromatic rings. The van der Waals surface area contributed by atoms with Gasteiger partial charge in [0.15, 0.2) is 0 Å². The van der Waals surface area contributed by atoms with Crippen molar-refractivity contribution in [2.24, 2.45) is 11.7 Å². The Labute approximate surface area is 59.6 Å². The summed E-state index contributed by atoms with van der Waals surface area (Å²) in [5, 5.41) is 0. The molecular weight excluding hydrogens is 136 g/mol. The predicted molar refractivity (Wildman–Crippen MR) is 35.9 cm³/mol. The molecule has 3 heteroatoms. The van der Waals surface area contributed by atoms with E-state index in [0.29, 0.717) is 0 Å². The van der Waals surface area contributed by atoms with Gasteiger partial charge in [-0.05, 0) is 18.8 Å². The van der Waals surface area contributed by atoms with E-state index in [9.17, 15) is 8.78 Å². The first-order valence-electron chi connectivity index (χ1n) is 3.74. The monoisotopic (exact) mass is 149 g/mol. The van der Waals surface area contributed by atoms with E-state index in [2.05, 4.69) is 0 Å². The zero-order valence-corrected chi connectivity index (χ0v) is 5.89. The lowest BCUT2D eigenvalue weighted by atomic mass is 10.0. The maximum atomic E-state index is 11.8. The van der Waals surface area contributed by atoms with Gasteiger partial charge < -0.3 is 5.73 Å². The molecule has 0 aromatic heterocycles. The summed E-state index contributed by atoms with van der Waals surface area (Å²) in [6, 6.07) is 0.0361. The van der Waals surface area contributed by atoms with E-state index in [0.717, 1.165) is 19.3 Å². The van der Waals surface area contributed by atoms with Crippen LogP contribution in [0.5, 0.6) is 0 Å². The predicted octanol–water partition coefficient (Wildman–Crippen LogP) is 1.77. The third-order valence-corrected chi connectivity index (χ3v) is 2.20. The van der Waals surface area contributed by atoms with Crippen LogP contribution < -0.4 is 5.73 Å². The van der Waals surface area contributed by atoms with Crippen LogP contribution in [0.2, 0.25) is 0 Å². The Bertz CT molecular complexity index is 106. The molecule has 0 spiro atoms. The van der Waals surface area contributed by atoms with Gasteiger partial charge in [-0.25, -0.2) is 8.78 Å². The minimum atomic E-state index is -2.17. The highest BCUT2D eigenvalue weighted by molar-refractivity contribution is 4.80. The van der Waals surface area contributed by atoms with Crippen LogP contribution >= 0.6 is 0 Å². The third-order valence-electron chi connectivity index (χ3n) is 2.20. The standard InChI is InChI=1S/C7H13F2N/c8-7(9)4-5-2-1-3-6(5)10/h5-7H,1-4,10H2. The summed E-state index contributed by atoms with van der Waals surface area (Å²) >= 11 is 0. The van der Waals surface area contributed by atoms with E-state index in [4.69, 9.17) is 5.73 Å². The maximum absolute atomic E-state index is 11.8. The van der Waals surface area contributed by atoms with Crippen molar-refractivity contribution in [3.63, 3.8) is 0 Å². The van der Waals surface area contributed by atoms with Crippen LogP contribution in [0.25, 0.3) is 0 Å². The molecule has 0 aliphatic heterocycles. The van der Waals surface area contributed by atoms with Crippen LogP contribution in [0.4, 0.5) is 8.78 Å². The Morgan fingerprint density at radius 2 is 2.10 bits per heavy atom. The summed E-state index contributed by atoms with van der Waals surface area (Å²) in [6.07, 6.45) is 0.678. The lowest BCUT2D eigenvalue weighted by Gasteiger charge is -2.13. The van der Waals surface area contributed by atoms with Crippen molar-refractivity contribution in [1.29, 1.82) is 0 Å². The van der Waals surface area contributed by atoms with Crippen molar-refractivity contribution in [2.45, 2.75) is 38.2 Å². The quantitative estimate of drug-likeness (QED) is 0.636. The molecule has 2 N–H and O–H groups in total. The van der Waals surface area contributed by atoms with Gasteiger partial charge in [-0.15, -0.1) is 0 Å². The van der Waals surface area contributed by atoms with Crippen LogP contribution in [0.1, 0.15) is 25.7 Å². The van der Waals surface area contributed by atoms with E-state index in [1.54, 1.807) is 0 Å². The molecule has 1 fully saturated rings. The first kappa shape index (κ1) is 7.92. The Morgan fingerprint density at radius 3 is 2.50 bits per heavy atom. The van der Waals surface area contributed by atoms with Gasteiger partial charge in [-0.2, -0.15) is 0 Å². The largest absolute Gasteiger partial charge is 0.327 e. The van der Waals surface area contributed by atoms with E-state index >= 15 is 0 Å². The highest BCUT2D eigenvalue weighted by atomic mass is 19.3. The first-order chi connectivity index (χ1) is 4.70. The van der Waals surface area contributed by atoms with Gasteiger partial charge in [0.05, 0.1) is 0 Å². The fourth-order valence-electron chi connectivity index (χ4n) is 1.59. The summed E-state index contributed by atoms with van der Waals surface area (Å²) in [4.78, 5) is 0. The highest BCUT2D eigenvalue weighted by Gasteiger charge is 2.26. The molecule has 1 saturated carbocycles. The molecular formula is C7H13F2N. The molecule has 1 nitrogen and oxygen atoms in total. The van der Waals surface area contributed by atoms with Crippen molar-refractivity contribution in [2.75, 3.05) is 0 Å². The summed E-state index contributed by atoms with van der Waals surface area (Å²) in [5.41, 5.74) is 5.59. The summed E-state index contributed by atoms with van der Waals surface area (Å²) < 4.78 is 23.6. The topological polar surface area (TPSA) is 26.0 Å². The summed E-state index contributed by atoms with van der Waals surface area (Å²) in [5.74, 6) is 0.0833. The number of hydrogen-bond donors (Lipinski definition) is 1. The van der Waals surface area contributed by atoms with Gasteiger partial charge in [-0.3, -0.25) is 0 Å². The molecule has 1 aliphatic rings. The Hall–Kier alpha value is -0.180. The van der Waals surface area contributed by atoms with Crippen LogP contribution in [0, 0.1) is 5.92 Å². The van der Waals surface area contributed by atoms with Gasteiger partial charge in [0, 0.05) is 12.5 Å². The molecule has 60 valence electrons. The molecule has 10 heavy (non-hydrogen) atoms. The number of rotatable bonds is 2. The molecule has 2 unspecified atom stereocenters. The molecule has 0 saturated heterocycles. The van der Waals surface area contributed by atoms with E-state index in [1.807, 2.05) is 0 Å². The lowest BCUT2D eigenvalue weighted by molar-refractivity contribution is 0.112. The number of nitrogens with two attached hydrogens (primary N) is 1. The molecule has 2 atom stereocenters. The SMILES string of the molecule is NC1CCCC1CC(F)F. The smallest absolute Gasteiger partial charge is 0.239 e. The number of alkyl halides is 2. The Morgan fingerprint density at radius 1 is 1.40 bits per heavy atom. The number of halogens is 2. The molecule has 0 aromatic carbocycles. The molecule has 1 aliphatic carbocycles. The molecule has 1 rings (SSSR count).